The lowest BCUT2D eigenvalue weighted by atomic mass is 9.90. The van der Waals surface area contributed by atoms with E-state index in [1.54, 1.807) is 18.3 Å². The van der Waals surface area contributed by atoms with Gasteiger partial charge in [-0.1, -0.05) is 12.1 Å². The molecule has 1 fully saturated rings. The Hall–Kier alpha value is -3.06. The van der Waals surface area contributed by atoms with Crippen molar-refractivity contribution in [3.63, 3.8) is 0 Å². The third kappa shape index (κ3) is 4.74. The number of likely N-dealkylation sites (tertiary alicyclic amines) is 1. The lowest BCUT2D eigenvalue weighted by Gasteiger charge is -2.32. The first-order valence-corrected chi connectivity index (χ1v) is 9.82. The molecule has 4 nitrogen and oxygen atoms in total. The van der Waals surface area contributed by atoms with Crippen molar-refractivity contribution in [1.29, 1.82) is 0 Å². The Labute approximate surface area is 173 Å². The van der Waals surface area contributed by atoms with Crippen LogP contribution in [0.1, 0.15) is 29.9 Å². The second-order valence-corrected chi connectivity index (χ2v) is 7.54. The molecule has 0 spiro atoms. The largest absolute Gasteiger partial charge is 0.454 e. The van der Waals surface area contributed by atoms with Crippen LogP contribution in [0.25, 0.3) is 0 Å². The van der Waals surface area contributed by atoms with Crippen LogP contribution in [-0.2, 0) is 6.54 Å². The number of aromatic nitrogens is 1. The van der Waals surface area contributed by atoms with E-state index in [1.165, 1.54) is 5.56 Å². The van der Waals surface area contributed by atoms with Crippen LogP contribution in [0.4, 0.5) is 18.9 Å². The first-order chi connectivity index (χ1) is 14.5. The Balaban J connectivity index is 1.33. The minimum atomic E-state index is -1.24. The second kappa shape index (κ2) is 8.75. The highest BCUT2D eigenvalue weighted by atomic mass is 19.2. The number of nitrogen functional groups attached to an aromatic ring is 1. The van der Waals surface area contributed by atoms with Gasteiger partial charge in [0, 0.05) is 31.1 Å². The summed E-state index contributed by atoms with van der Waals surface area (Å²) >= 11 is 0. The summed E-state index contributed by atoms with van der Waals surface area (Å²) in [5.74, 6) is -2.86. The van der Waals surface area contributed by atoms with Crippen LogP contribution in [0.3, 0.4) is 0 Å². The van der Waals surface area contributed by atoms with Crippen molar-refractivity contribution >= 4 is 5.69 Å². The van der Waals surface area contributed by atoms with E-state index in [9.17, 15) is 13.2 Å². The van der Waals surface area contributed by atoms with Gasteiger partial charge >= 0.3 is 0 Å². The number of benzene rings is 2. The van der Waals surface area contributed by atoms with Gasteiger partial charge in [-0.15, -0.1) is 0 Å². The van der Waals surface area contributed by atoms with E-state index in [0.29, 0.717) is 29.5 Å². The van der Waals surface area contributed by atoms with Gasteiger partial charge in [0.1, 0.15) is 5.75 Å². The Kier molecular flexibility index (Phi) is 5.90. The Morgan fingerprint density at radius 1 is 0.933 bits per heavy atom. The molecule has 3 aromatic rings. The summed E-state index contributed by atoms with van der Waals surface area (Å²) in [5, 5.41) is 0. The molecule has 2 heterocycles. The van der Waals surface area contributed by atoms with Gasteiger partial charge in [0.05, 0.1) is 5.69 Å². The highest BCUT2D eigenvalue weighted by Gasteiger charge is 2.21. The van der Waals surface area contributed by atoms with E-state index in [2.05, 4.69) is 9.88 Å². The van der Waals surface area contributed by atoms with E-state index in [-0.39, 0.29) is 5.75 Å². The zero-order chi connectivity index (χ0) is 21.1. The molecule has 0 bridgehead atoms. The van der Waals surface area contributed by atoms with Gasteiger partial charge in [-0.2, -0.15) is 0 Å². The monoisotopic (exact) mass is 413 g/mol. The van der Waals surface area contributed by atoms with E-state index in [4.69, 9.17) is 10.5 Å². The average molecular weight is 413 g/mol. The van der Waals surface area contributed by atoms with E-state index in [1.807, 2.05) is 24.4 Å². The molecule has 0 aliphatic carbocycles. The van der Waals surface area contributed by atoms with E-state index in [0.717, 1.165) is 38.0 Å². The molecule has 1 saturated heterocycles. The maximum Gasteiger partial charge on any atom is 0.168 e. The molecule has 1 aliphatic rings. The zero-order valence-corrected chi connectivity index (χ0v) is 16.3. The molecule has 0 saturated carbocycles. The number of piperidine rings is 1. The van der Waals surface area contributed by atoms with E-state index < -0.39 is 17.5 Å². The molecule has 1 aliphatic heterocycles. The number of nitrogens with zero attached hydrogens (tertiary/aromatic N) is 2. The number of anilines is 1. The fraction of sp³-hybridized carbons (Fsp3) is 0.261. The maximum absolute atomic E-state index is 13.7. The van der Waals surface area contributed by atoms with Crippen molar-refractivity contribution < 1.29 is 17.9 Å². The molecule has 1 aromatic heterocycles. The average Bonchev–Trinajstić information content (AvgIpc) is 2.74. The van der Waals surface area contributed by atoms with Crippen LogP contribution in [0, 0.1) is 17.5 Å². The van der Waals surface area contributed by atoms with Gasteiger partial charge in [-0.05, 0) is 61.2 Å². The molecule has 156 valence electrons. The van der Waals surface area contributed by atoms with Crippen LogP contribution >= 0.6 is 0 Å². The van der Waals surface area contributed by atoms with Crippen molar-refractivity contribution in [1.82, 2.24) is 9.88 Å². The number of hydrogen-bond donors (Lipinski definition) is 1. The van der Waals surface area contributed by atoms with Crippen LogP contribution in [0.5, 0.6) is 11.5 Å². The van der Waals surface area contributed by atoms with Crippen molar-refractivity contribution in [2.75, 3.05) is 18.8 Å². The minimum Gasteiger partial charge on any atom is -0.454 e. The Morgan fingerprint density at radius 2 is 1.63 bits per heavy atom. The fourth-order valence-electron chi connectivity index (χ4n) is 3.75. The molecule has 4 rings (SSSR count). The fourth-order valence-corrected chi connectivity index (χ4v) is 3.75. The number of pyridine rings is 1. The zero-order valence-electron chi connectivity index (χ0n) is 16.3. The predicted molar refractivity (Wildman–Crippen MR) is 109 cm³/mol. The SMILES string of the molecule is Nc1cncc(C2CCN(Cc3ccc(Oc4cc(F)c(F)cc4F)cc3)CC2)c1. The van der Waals surface area contributed by atoms with Crippen molar-refractivity contribution in [2.24, 2.45) is 0 Å². The number of ether oxygens (including phenoxy) is 1. The van der Waals surface area contributed by atoms with Gasteiger partial charge in [0.25, 0.3) is 0 Å². The molecule has 30 heavy (non-hydrogen) atoms. The van der Waals surface area contributed by atoms with Crippen LogP contribution < -0.4 is 10.5 Å². The summed E-state index contributed by atoms with van der Waals surface area (Å²) in [7, 11) is 0. The number of hydrogen-bond acceptors (Lipinski definition) is 4. The van der Waals surface area contributed by atoms with Crippen molar-refractivity contribution in [2.45, 2.75) is 25.3 Å². The topological polar surface area (TPSA) is 51.4 Å². The van der Waals surface area contributed by atoms with Crippen LogP contribution in [-0.4, -0.2) is 23.0 Å². The number of halogens is 3. The molecular weight excluding hydrogens is 391 g/mol. The summed E-state index contributed by atoms with van der Waals surface area (Å²) in [6, 6.07) is 10.4. The maximum atomic E-state index is 13.7. The smallest absolute Gasteiger partial charge is 0.168 e. The summed E-state index contributed by atoms with van der Waals surface area (Å²) in [5.41, 5.74) is 8.82. The van der Waals surface area contributed by atoms with Crippen molar-refractivity contribution in [3.8, 4) is 11.5 Å². The third-order valence-electron chi connectivity index (χ3n) is 5.37. The molecule has 2 aromatic carbocycles. The summed E-state index contributed by atoms with van der Waals surface area (Å²) < 4.78 is 45.4. The highest BCUT2D eigenvalue weighted by Crippen LogP contribution is 2.30. The number of rotatable bonds is 5. The van der Waals surface area contributed by atoms with Crippen molar-refractivity contribution in [3.05, 3.63) is 83.4 Å². The molecular formula is C23H22F3N3O. The minimum absolute atomic E-state index is 0.347. The van der Waals surface area contributed by atoms with Gasteiger partial charge in [0.2, 0.25) is 0 Å². The molecule has 0 unspecified atom stereocenters. The third-order valence-corrected chi connectivity index (χ3v) is 5.37. The molecule has 0 radical (unpaired) electrons. The van der Waals surface area contributed by atoms with E-state index >= 15 is 0 Å². The molecule has 2 N–H and O–H groups in total. The van der Waals surface area contributed by atoms with Gasteiger partial charge in [-0.25, -0.2) is 13.2 Å². The van der Waals surface area contributed by atoms with Gasteiger partial charge < -0.3 is 10.5 Å². The lowest BCUT2D eigenvalue weighted by Crippen LogP contribution is -2.32. The van der Waals surface area contributed by atoms with Crippen LogP contribution in [0.2, 0.25) is 0 Å². The normalized spacial score (nSPS) is 15.3. The van der Waals surface area contributed by atoms with Gasteiger partial charge in [0.15, 0.2) is 23.2 Å². The van der Waals surface area contributed by atoms with Crippen LogP contribution in [0.15, 0.2) is 54.9 Å². The Morgan fingerprint density at radius 3 is 2.33 bits per heavy atom. The number of nitrogens with two attached hydrogens (primary N) is 1. The van der Waals surface area contributed by atoms with Gasteiger partial charge in [-0.3, -0.25) is 9.88 Å². The first kappa shape index (κ1) is 20.2. The molecule has 0 amide bonds. The Bertz CT molecular complexity index is 1020. The second-order valence-electron chi connectivity index (χ2n) is 7.54. The summed E-state index contributed by atoms with van der Waals surface area (Å²) in [4.78, 5) is 6.56. The molecule has 0 atom stereocenters. The lowest BCUT2D eigenvalue weighted by molar-refractivity contribution is 0.204. The standard InChI is InChI=1S/C23H22F3N3O/c24-20-10-22(26)23(11-21(20)25)30-19-3-1-15(2-4-19)14-29-7-5-16(6-8-29)17-9-18(27)13-28-12-17/h1-4,9-13,16H,5-8,14,27H2. The molecule has 7 heteroatoms. The predicted octanol–water partition coefficient (Wildman–Crippen LogP) is 5.25. The highest BCUT2D eigenvalue weighted by molar-refractivity contribution is 5.38. The quantitative estimate of drug-likeness (QED) is 0.580. The first-order valence-electron chi connectivity index (χ1n) is 9.82. The summed E-state index contributed by atoms with van der Waals surface area (Å²) in [6.07, 6.45) is 5.64. The summed E-state index contributed by atoms with van der Waals surface area (Å²) in [6.45, 7) is 2.73.